The van der Waals surface area contributed by atoms with Gasteiger partial charge < -0.3 is 31.5 Å². The zero-order valence-electron chi connectivity index (χ0n) is 20.6. The molecule has 216 valence electrons. The van der Waals surface area contributed by atoms with Crippen LogP contribution in [0.15, 0.2) is 4.99 Å². The average molecular weight is 680 g/mol. The summed E-state index contributed by atoms with van der Waals surface area (Å²) in [6, 6.07) is -1.55. The second-order valence-electron chi connectivity index (χ2n) is 10.2. The molecule has 38 heavy (non-hydrogen) atoms. The molecule has 15 heteroatoms. The van der Waals surface area contributed by atoms with Gasteiger partial charge >= 0.3 is 12.1 Å². The maximum absolute atomic E-state index is 13.6. The van der Waals surface area contributed by atoms with E-state index in [4.69, 9.17) is 11.6 Å². The Kier molecular flexibility index (Phi) is 11.2. The van der Waals surface area contributed by atoms with Crippen LogP contribution in [0.2, 0.25) is 0 Å². The number of halogens is 5. The molecule has 1 aliphatic heterocycles. The van der Waals surface area contributed by atoms with E-state index in [1.54, 1.807) is 0 Å². The van der Waals surface area contributed by atoms with E-state index in [1.807, 2.05) is 22.6 Å². The average Bonchev–Trinajstić information content (AvgIpc) is 2.84. The lowest BCUT2D eigenvalue weighted by molar-refractivity contribution is -0.188. The highest BCUT2D eigenvalue weighted by atomic mass is 127. The van der Waals surface area contributed by atoms with Crippen molar-refractivity contribution in [1.29, 1.82) is 0 Å². The van der Waals surface area contributed by atoms with Gasteiger partial charge in [-0.3, -0.25) is 19.4 Å². The molecule has 3 rings (SSSR count). The predicted molar refractivity (Wildman–Crippen MR) is 142 cm³/mol. The number of guanidine groups is 1. The Bertz CT molecular complexity index is 898. The third-order valence-corrected chi connectivity index (χ3v) is 8.88. The molecule has 6 N–H and O–H groups in total. The summed E-state index contributed by atoms with van der Waals surface area (Å²) in [6.07, 6.45) is -4.55. The summed E-state index contributed by atoms with van der Waals surface area (Å²) in [4.78, 5) is 41.1. The Hall–Kier alpha value is -1.55. The highest BCUT2D eigenvalue weighted by molar-refractivity contribution is 14.1. The van der Waals surface area contributed by atoms with Gasteiger partial charge in [0.05, 0.1) is 25.0 Å². The second-order valence-corrected chi connectivity index (χ2v) is 12.4. The van der Waals surface area contributed by atoms with Gasteiger partial charge in [0.25, 0.3) is 0 Å². The fourth-order valence-corrected chi connectivity index (χ4v) is 7.24. The van der Waals surface area contributed by atoms with E-state index in [1.165, 1.54) is 0 Å². The summed E-state index contributed by atoms with van der Waals surface area (Å²) in [5, 5.41) is 30.6. The summed E-state index contributed by atoms with van der Waals surface area (Å²) in [7, 11) is 0. The fraction of sp³-hybridized carbons (Fsp3) is 0.826. The molecule has 0 aromatic carbocycles. The summed E-state index contributed by atoms with van der Waals surface area (Å²) >= 11 is 8.31. The minimum absolute atomic E-state index is 0.144. The van der Waals surface area contributed by atoms with Gasteiger partial charge in [0.15, 0.2) is 5.96 Å². The molecule has 10 nitrogen and oxygen atoms in total. The number of aliphatic hydroxyl groups is 1. The Balaban J connectivity index is 1.59. The van der Waals surface area contributed by atoms with Gasteiger partial charge in [0, 0.05) is 46.3 Å². The zero-order chi connectivity index (χ0) is 28.0. The molecule has 0 radical (unpaired) electrons. The molecule has 0 saturated heterocycles. The first-order chi connectivity index (χ1) is 17.8. The van der Waals surface area contributed by atoms with Crippen LogP contribution in [0.3, 0.4) is 0 Å². The number of hydrogen-bond donors (Lipinski definition) is 6. The number of hydrogen-bond acceptors (Lipinski definition) is 7. The number of alkyl halides is 5. The third kappa shape index (κ3) is 9.00. The van der Waals surface area contributed by atoms with E-state index in [0.717, 1.165) is 6.42 Å². The molecule has 8 unspecified atom stereocenters. The largest absolute Gasteiger partial charge is 0.481 e. The van der Waals surface area contributed by atoms with Crippen molar-refractivity contribution in [3.8, 4) is 0 Å². The fourth-order valence-electron chi connectivity index (χ4n) is 5.39. The van der Waals surface area contributed by atoms with Crippen LogP contribution in [-0.4, -0.2) is 87.3 Å². The van der Waals surface area contributed by atoms with Crippen LogP contribution in [-0.2, 0) is 14.4 Å². The standard InChI is InChI=1S/C23H34ClF3IN5O5/c24-13-7-15(20(37)16(28)8-13)17(9-19(35)36)33-18(34)10-31-21(38)11-4-12(23(25,26)27)6-14(5-11)32-22-29-2-1-3-30-22/h11-17,20,37H,1-10H2,(H,31,38)(H,33,34)(H,35,36)(H2,29,30,32). The first-order valence-electron chi connectivity index (χ1n) is 12.7. The third-order valence-electron chi connectivity index (χ3n) is 7.28. The molecule has 2 saturated carbocycles. The molecular formula is C23H34ClF3IN5O5. The van der Waals surface area contributed by atoms with Crippen molar-refractivity contribution in [3.05, 3.63) is 0 Å². The van der Waals surface area contributed by atoms with E-state index in [2.05, 4.69) is 26.3 Å². The topological polar surface area (TPSA) is 152 Å². The maximum atomic E-state index is 13.6. The Morgan fingerprint density at radius 3 is 2.55 bits per heavy atom. The highest BCUT2D eigenvalue weighted by Gasteiger charge is 2.47. The summed E-state index contributed by atoms with van der Waals surface area (Å²) < 4.78 is 40.6. The molecular weight excluding hydrogens is 646 g/mol. The Morgan fingerprint density at radius 1 is 1.18 bits per heavy atom. The molecule has 8 atom stereocenters. The van der Waals surface area contributed by atoms with Gasteiger partial charge in [0.2, 0.25) is 11.8 Å². The molecule has 2 amide bonds. The quantitative estimate of drug-likeness (QED) is 0.168. The molecule has 0 aromatic rings. The van der Waals surface area contributed by atoms with Crippen molar-refractivity contribution in [2.45, 2.75) is 78.6 Å². The first-order valence-corrected chi connectivity index (χ1v) is 14.4. The number of aliphatic hydroxyl groups excluding tert-OH is 1. The molecule has 3 aliphatic rings. The Morgan fingerprint density at radius 2 is 1.92 bits per heavy atom. The van der Waals surface area contributed by atoms with Crippen LogP contribution in [0.5, 0.6) is 0 Å². The number of nitrogens with one attached hydrogen (secondary N) is 4. The summed E-state index contributed by atoms with van der Waals surface area (Å²) in [5.41, 5.74) is 0. The molecule has 2 fully saturated rings. The van der Waals surface area contributed by atoms with Crippen LogP contribution < -0.4 is 21.3 Å². The van der Waals surface area contributed by atoms with Crippen LogP contribution in [0.4, 0.5) is 13.2 Å². The van der Waals surface area contributed by atoms with E-state index in [0.29, 0.717) is 31.9 Å². The van der Waals surface area contributed by atoms with Crippen molar-refractivity contribution in [2.75, 3.05) is 19.6 Å². The van der Waals surface area contributed by atoms with Crippen molar-refractivity contribution < 1.29 is 37.8 Å². The number of carbonyl (C=O) groups excluding carboxylic acids is 2. The van der Waals surface area contributed by atoms with Crippen molar-refractivity contribution in [1.82, 2.24) is 21.3 Å². The molecule has 0 bridgehead atoms. The van der Waals surface area contributed by atoms with Gasteiger partial charge in [-0.1, -0.05) is 22.6 Å². The van der Waals surface area contributed by atoms with Gasteiger partial charge in [-0.2, -0.15) is 13.2 Å². The van der Waals surface area contributed by atoms with Crippen molar-refractivity contribution in [2.24, 2.45) is 22.7 Å². The van der Waals surface area contributed by atoms with Crippen molar-refractivity contribution >= 4 is 57.9 Å². The maximum Gasteiger partial charge on any atom is 0.391 e. The van der Waals surface area contributed by atoms with E-state index in [-0.39, 0.29) is 28.6 Å². The number of aliphatic carboxylic acids is 1. The monoisotopic (exact) mass is 679 g/mol. The SMILES string of the molecule is O=C(O)CC(NC(=O)CNC(=O)C1CC(NC2=NCCCN2)CC(C(F)(F)F)C1)C1CC(Cl)CC(I)C1O. The molecule has 1 heterocycles. The minimum Gasteiger partial charge on any atom is -0.481 e. The first kappa shape index (κ1) is 31.0. The van der Waals surface area contributed by atoms with Crippen LogP contribution in [0.1, 0.15) is 44.9 Å². The lowest BCUT2D eigenvalue weighted by atomic mass is 9.77. The second kappa shape index (κ2) is 13.7. The zero-order valence-corrected chi connectivity index (χ0v) is 23.6. The van der Waals surface area contributed by atoms with E-state index >= 15 is 0 Å². The van der Waals surface area contributed by atoms with E-state index < -0.39 is 72.9 Å². The number of amides is 2. The highest BCUT2D eigenvalue weighted by Crippen LogP contribution is 2.40. The van der Waals surface area contributed by atoms with Gasteiger partial charge in [-0.25, -0.2) is 0 Å². The van der Waals surface area contributed by atoms with E-state index in [9.17, 15) is 37.8 Å². The van der Waals surface area contributed by atoms with Gasteiger partial charge in [0.1, 0.15) is 0 Å². The molecule has 2 aliphatic carbocycles. The van der Waals surface area contributed by atoms with Gasteiger partial charge in [-0.15, -0.1) is 11.6 Å². The molecule has 0 spiro atoms. The number of aliphatic imine (C=N–C) groups is 1. The number of carbonyl (C=O) groups is 3. The predicted octanol–water partition coefficient (Wildman–Crippen LogP) is 1.53. The normalized spacial score (nSPS) is 32.8. The number of nitrogens with zero attached hydrogens (tertiary/aromatic N) is 1. The van der Waals surface area contributed by atoms with Gasteiger partial charge in [-0.05, 0) is 38.5 Å². The summed E-state index contributed by atoms with van der Waals surface area (Å²) in [5.74, 6) is -5.39. The Labute approximate surface area is 237 Å². The molecule has 0 aromatic heterocycles. The van der Waals surface area contributed by atoms with Crippen LogP contribution in [0, 0.1) is 17.8 Å². The van der Waals surface area contributed by atoms with Crippen LogP contribution >= 0.6 is 34.2 Å². The number of rotatable bonds is 8. The smallest absolute Gasteiger partial charge is 0.391 e. The summed E-state index contributed by atoms with van der Waals surface area (Å²) in [6.45, 7) is 0.689. The minimum atomic E-state index is -4.47. The lowest BCUT2D eigenvalue weighted by Gasteiger charge is -2.39. The van der Waals surface area contributed by atoms with Crippen molar-refractivity contribution in [3.63, 3.8) is 0 Å². The lowest BCUT2D eigenvalue weighted by Crippen LogP contribution is -2.54. The number of carboxylic acids is 1. The van der Waals surface area contributed by atoms with Crippen LogP contribution in [0.25, 0.3) is 0 Å². The number of carboxylic acid groups (broad SMARTS) is 1.